The molecule has 4 amide bonds. The van der Waals surface area contributed by atoms with Gasteiger partial charge in [0.15, 0.2) is 0 Å². The first kappa shape index (κ1) is 26.1. The van der Waals surface area contributed by atoms with Crippen LogP contribution in [0.1, 0.15) is 19.3 Å². The second-order valence-corrected chi connectivity index (χ2v) is 6.88. The van der Waals surface area contributed by atoms with Crippen LogP contribution in [0.2, 0.25) is 0 Å². The van der Waals surface area contributed by atoms with E-state index in [4.69, 9.17) is 21.7 Å². The lowest BCUT2D eigenvalue weighted by Gasteiger charge is -2.22. The second-order valence-electron chi connectivity index (χ2n) is 5.89. The number of aliphatic carboxylic acids is 2. The molecule has 0 aliphatic rings. The molecule has 29 heavy (non-hydrogen) atoms. The Kier molecular flexibility index (Phi) is 12.0. The van der Waals surface area contributed by atoms with Crippen LogP contribution in [0, 0.1) is 0 Å². The van der Waals surface area contributed by atoms with Crippen LogP contribution in [0.3, 0.4) is 0 Å². The SMILES string of the molecule is CSCCC(N)C(=O)NC(CC(N)=O)C(=O)NC(CC(=O)O)C(=O)NCC(=O)O. The zero-order valence-corrected chi connectivity index (χ0v) is 16.5. The van der Waals surface area contributed by atoms with E-state index in [9.17, 15) is 28.8 Å². The molecule has 0 aromatic carbocycles. The maximum Gasteiger partial charge on any atom is 0.322 e. The standard InChI is InChI=1S/C15H25N5O8S/c1-29-3-2-7(16)13(26)19-8(4-10(17)21)15(28)20-9(5-11(22)23)14(27)18-6-12(24)25/h7-9H,2-6,16H2,1H3,(H2,17,21)(H,18,27)(H,19,26)(H,20,28)(H,22,23)(H,24,25). The minimum Gasteiger partial charge on any atom is -0.481 e. The molecular weight excluding hydrogens is 410 g/mol. The summed E-state index contributed by atoms with van der Waals surface area (Å²) in [7, 11) is 0. The Bertz CT molecular complexity index is 644. The zero-order valence-electron chi connectivity index (χ0n) is 15.7. The highest BCUT2D eigenvalue weighted by Gasteiger charge is 2.30. The van der Waals surface area contributed by atoms with Crippen LogP contribution in [0.5, 0.6) is 0 Å². The molecule has 0 aliphatic carbocycles. The van der Waals surface area contributed by atoms with Gasteiger partial charge in [-0.3, -0.25) is 28.8 Å². The molecule has 0 heterocycles. The Hall–Kier alpha value is -2.87. The molecular formula is C15H25N5O8S. The number of hydrogen-bond donors (Lipinski definition) is 7. The predicted molar refractivity (Wildman–Crippen MR) is 102 cm³/mol. The molecule has 3 atom stereocenters. The number of primary amides is 1. The van der Waals surface area contributed by atoms with Gasteiger partial charge in [-0.25, -0.2) is 0 Å². The summed E-state index contributed by atoms with van der Waals surface area (Å²) in [5.41, 5.74) is 10.8. The Labute approximate surface area is 170 Å². The summed E-state index contributed by atoms with van der Waals surface area (Å²) in [6, 6.07) is -4.10. The van der Waals surface area contributed by atoms with Crippen LogP contribution >= 0.6 is 11.8 Å². The zero-order chi connectivity index (χ0) is 22.6. The maximum absolute atomic E-state index is 12.4. The van der Waals surface area contributed by atoms with Crippen molar-refractivity contribution in [3.05, 3.63) is 0 Å². The van der Waals surface area contributed by atoms with Crippen LogP contribution in [-0.2, 0) is 28.8 Å². The van der Waals surface area contributed by atoms with Crippen molar-refractivity contribution in [2.24, 2.45) is 11.5 Å². The number of amides is 4. The van der Waals surface area contributed by atoms with Gasteiger partial charge in [0.05, 0.1) is 18.9 Å². The van der Waals surface area contributed by atoms with E-state index in [1.165, 1.54) is 11.8 Å². The molecule has 164 valence electrons. The molecule has 0 saturated carbocycles. The third kappa shape index (κ3) is 11.5. The van der Waals surface area contributed by atoms with Crippen LogP contribution in [-0.4, -0.2) is 82.5 Å². The largest absolute Gasteiger partial charge is 0.481 e. The number of rotatable bonds is 14. The number of carbonyl (C=O) groups is 6. The number of thioether (sulfide) groups is 1. The van der Waals surface area contributed by atoms with Crippen molar-refractivity contribution < 1.29 is 39.0 Å². The highest BCUT2D eigenvalue weighted by Crippen LogP contribution is 2.02. The van der Waals surface area contributed by atoms with Crippen LogP contribution < -0.4 is 27.4 Å². The molecule has 0 fully saturated rings. The van der Waals surface area contributed by atoms with E-state index < -0.39 is 73.1 Å². The van der Waals surface area contributed by atoms with Crippen LogP contribution in [0.4, 0.5) is 0 Å². The highest BCUT2D eigenvalue weighted by molar-refractivity contribution is 7.98. The second kappa shape index (κ2) is 13.3. The van der Waals surface area contributed by atoms with Gasteiger partial charge >= 0.3 is 11.9 Å². The molecule has 13 nitrogen and oxygen atoms in total. The first-order chi connectivity index (χ1) is 13.5. The van der Waals surface area contributed by atoms with E-state index in [0.29, 0.717) is 12.2 Å². The van der Waals surface area contributed by atoms with E-state index in [1.807, 2.05) is 11.6 Å². The predicted octanol–water partition coefficient (Wildman–Crippen LogP) is -3.41. The molecule has 0 rings (SSSR count). The summed E-state index contributed by atoms with van der Waals surface area (Å²) in [5.74, 6) is -6.04. The lowest BCUT2D eigenvalue weighted by Crippen LogP contribution is -2.57. The smallest absolute Gasteiger partial charge is 0.322 e. The lowest BCUT2D eigenvalue weighted by molar-refractivity contribution is -0.142. The van der Waals surface area contributed by atoms with Crippen molar-refractivity contribution in [1.82, 2.24) is 16.0 Å². The summed E-state index contributed by atoms with van der Waals surface area (Å²) in [4.78, 5) is 69.2. The number of nitrogens with one attached hydrogen (secondary N) is 3. The van der Waals surface area contributed by atoms with Gasteiger partial charge in [-0.15, -0.1) is 0 Å². The summed E-state index contributed by atoms with van der Waals surface area (Å²) in [5, 5.41) is 23.7. The summed E-state index contributed by atoms with van der Waals surface area (Å²) >= 11 is 1.45. The molecule has 0 bridgehead atoms. The van der Waals surface area contributed by atoms with E-state index in [0.717, 1.165) is 0 Å². The minimum absolute atomic E-state index is 0.303. The average Bonchev–Trinajstić information content (AvgIpc) is 2.61. The molecule has 14 heteroatoms. The molecule has 3 unspecified atom stereocenters. The van der Waals surface area contributed by atoms with Gasteiger partial charge in [0.25, 0.3) is 0 Å². The topological polar surface area (TPSA) is 231 Å². The van der Waals surface area contributed by atoms with Crippen molar-refractivity contribution in [2.75, 3.05) is 18.6 Å². The molecule has 0 saturated heterocycles. The van der Waals surface area contributed by atoms with Crippen molar-refractivity contribution in [3.63, 3.8) is 0 Å². The van der Waals surface area contributed by atoms with Gasteiger partial charge in [-0.05, 0) is 18.4 Å². The van der Waals surface area contributed by atoms with Gasteiger partial charge in [0.1, 0.15) is 18.6 Å². The van der Waals surface area contributed by atoms with Crippen molar-refractivity contribution in [3.8, 4) is 0 Å². The highest BCUT2D eigenvalue weighted by atomic mass is 32.2. The van der Waals surface area contributed by atoms with E-state index in [2.05, 4.69) is 10.6 Å². The van der Waals surface area contributed by atoms with E-state index in [-0.39, 0.29) is 0 Å². The first-order valence-corrected chi connectivity index (χ1v) is 9.72. The quantitative estimate of drug-likeness (QED) is 0.143. The van der Waals surface area contributed by atoms with Crippen molar-refractivity contribution in [2.45, 2.75) is 37.4 Å². The van der Waals surface area contributed by atoms with Gasteiger partial charge in [-0.2, -0.15) is 11.8 Å². The molecule has 0 spiro atoms. The minimum atomic E-state index is -1.64. The molecule has 0 radical (unpaired) electrons. The van der Waals surface area contributed by atoms with Gasteiger partial charge < -0.3 is 37.6 Å². The Morgan fingerprint density at radius 1 is 0.897 bits per heavy atom. The fraction of sp³-hybridized carbons (Fsp3) is 0.600. The summed E-state index contributed by atoms with van der Waals surface area (Å²) < 4.78 is 0. The Morgan fingerprint density at radius 3 is 1.93 bits per heavy atom. The van der Waals surface area contributed by atoms with Crippen molar-refractivity contribution >= 4 is 47.3 Å². The number of carbonyl (C=O) groups excluding carboxylic acids is 4. The number of nitrogens with two attached hydrogens (primary N) is 2. The third-order valence-corrected chi connectivity index (χ3v) is 4.08. The number of hydrogen-bond acceptors (Lipinski definition) is 8. The molecule has 0 aliphatic heterocycles. The molecule has 0 aromatic heterocycles. The summed E-state index contributed by atoms with van der Waals surface area (Å²) in [6.45, 7) is -0.795. The molecule has 0 aromatic rings. The fourth-order valence-corrected chi connectivity index (χ4v) is 2.50. The first-order valence-electron chi connectivity index (χ1n) is 8.32. The average molecular weight is 435 g/mol. The third-order valence-electron chi connectivity index (χ3n) is 3.43. The van der Waals surface area contributed by atoms with E-state index >= 15 is 0 Å². The molecule has 9 N–H and O–H groups in total. The summed E-state index contributed by atoms with van der Waals surface area (Å²) in [6.07, 6.45) is 0.633. The Balaban J connectivity index is 5.23. The van der Waals surface area contributed by atoms with E-state index in [1.54, 1.807) is 0 Å². The van der Waals surface area contributed by atoms with Gasteiger partial charge in [0, 0.05) is 0 Å². The van der Waals surface area contributed by atoms with Gasteiger partial charge in [0.2, 0.25) is 23.6 Å². The number of carboxylic acids is 2. The normalized spacial score (nSPS) is 13.4. The Morgan fingerprint density at radius 2 is 1.45 bits per heavy atom. The maximum atomic E-state index is 12.4. The van der Waals surface area contributed by atoms with Crippen LogP contribution in [0.25, 0.3) is 0 Å². The number of carboxylic acid groups (broad SMARTS) is 2. The monoisotopic (exact) mass is 435 g/mol. The van der Waals surface area contributed by atoms with Crippen molar-refractivity contribution in [1.29, 1.82) is 0 Å². The van der Waals surface area contributed by atoms with Gasteiger partial charge in [-0.1, -0.05) is 0 Å². The fourth-order valence-electron chi connectivity index (χ4n) is 2.01. The lowest BCUT2D eigenvalue weighted by atomic mass is 10.1. The van der Waals surface area contributed by atoms with Crippen LogP contribution in [0.15, 0.2) is 0 Å².